The van der Waals surface area contributed by atoms with Crippen LogP contribution in [0.2, 0.25) is 0 Å². The average molecular weight is 263 g/mol. The van der Waals surface area contributed by atoms with Crippen molar-refractivity contribution in [1.29, 1.82) is 0 Å². The third-order valence-electron chi connectivity index (χ3n) is 4.69. The molecule has 1 saturated heterocycles. The maximum absolute atomic E-state index is 5.34. The van der Waals surface area contributed by atoms with Gasteiger partial charge in [-0.25, -0.2) is 0 Å². The number of piperidine rings is 1. The van der Waals surface area contributed by atoms with Crippen LogP contribution in [0.3, 0.4) is 0 Å². The maximum atomic E-state index is 5.34. The van der Waals surface area contributed by atoms with E-state index in [2.05, 4.69) is 35.0 Å². The van der Waals surface area contributed by atoms with Gasteiger partial charge in [0.2, 0.25) is 0 Å². The lowest BCUT2D eigenvalue weighted by molar-refractivity contribution is 0.176. The van der Waals surface area contributed by atoms with Crippen LogP contribution in [0.1, 0.15) is 37.6 Å². The molecule has 3 rings (SSSR count). The molecule has 0 unspecified atom stereocenters. The minimum absolute atomic E-state index is 0.870. The van der Waals surface area contributed by atoms with Crippen LogP contribution < -0.4 is 0 Å². The number of aromatic nitrogens is 1. The first kappa shape index (κ1) is 13.1. The summed E-state index contributed by atoms with van der Waals surface area (Å²) in [6.45, 7) is 6.63. The molecule has 19 heavy (non-hydrogen) atoms. The highest BCUT2D eigenvalue weighted by Crippen LogP contribution is 2.36. The van der Waals surface area contributed by atoms with Crippen molar-refractivity contribution in [3.63, 3.8) is 0 Å². The number of fused-ring (bicyclic) bond motifs is 2. The molecule has 0 N–H and O–H groups in total. The van der Waals surface area contributed by atoms with Gasteiger partial charge in [0.15, 0.2) is 5.76 Å². The smallest absolute Gasteiger partial charge is 0.150 e. The fourth-order valence-corrected chi connectivity index (χ4v) is 3.54. The SMILES string of the molecule is CCc1cc(CN(C)CCN2C[C@@H]3CC[C@H]2C3)on1. The molecular formula is C15H25N3O. The number of rotatable bonds is 6. The number of nitrogens with zero attached hydrogens (tertiary/aromatic N) is 3. The zero-order valence-corrected chi connectivity index (χ0v) is 12.1. The molecule has 0 amide bonds. The molecule has 1 aromatic heterocycles. The van der Waals surface area contributed by atoms with Crippen LogP contribution in [0.15, 0.2) is 10.6 Å². The average Bonchev–Trinajstić information content (AvgIpc) is 3.12. The summed E-state index contributed by atoms with van der Waals surface area (Å²) in [5.74, 6) is 1.99. The van der Waals surface area contributed by atoms with Crippen LogP contribution in [0, 0.1) is 5.92 Å². The van der Waals surface area contributed by atoms with E-state index in [1.54, 1.807) is 0 Å². The lowest BCUT2D eigenvalue weighted by Gasteiger charge is -2.28. The molecule has 106 valence electrons. The quantitative estimate of drug-likeness (QED) is 0.787. The van der Waals surface area contributed by atoms with Crippen molar-refractivity contribution in [3.05, 3.63) is 17.5 Å². The van der Waals surface area contributed by atoms with E-state index >= 15 is 0 Å². The fraction of sp³-hybridized carbons (Fsp3) is 0.800. The third kappa shape index (κ3) is 3.00. The Bertz CT molecular complexity index is 417. The summed E-state index contributed by atoms with van der Waals surface area (Å²) in [5.41, 5.74) is 1.06. The van der Waals surface area contributed by atoms with Crippen molar-refractivity contribution in [2.24, 2.45) is 5.92 Å². The number of aryl methyl sites for hydroxylation is 1. The monoisotopic (exact) mass is 263 g/mol. The van der Waals surface area contributed by atoms with Crippen LogP contribution in [0.5, 0.6) is 0 Å². The summed E-state index contributed by atoms with van der Waals surface area (Å²) in [7, 11) is 2.17. The van der Waals surface area contributed by atoms with Crippen molar-refractivity contribution in [2.45, 2.75) is 45.2 Å². The van der Waals surface area contributed by atoms with E-state index in [1.807, 2.05) is 0 Å². The lowest BCUT2D eigenvalue weighted by Crippen LogP contribution is -2.37. The van der Waals surface area contributed by atoms with Crippen LogP contribution in [0.25, 0.3) is 0 Å². The largest absolute Gasteiger partial charge is 0.360 e. The van der Waals surface area contributed by atoms with E-state index in [1.165, 1.54) is 32.4 Å². The first-order chi connectivity index (χ1) is 9.24. The van der Waals surface area contributed by atoms with Crippen LogP contribution >= 0.6 is 0 Å². The second kappa shape index (κ2) is 5.63. The Morgan fingerprint density at radius 2 is 2.37 bits per heavy atom. The standard InChI is InChI=1S/C15H25N3O/c1-3-13-9-15(19-16-13)11-17(2)6-7-18-10-12-4-5-14(18)8-12/h9,12,14H,3-8,10-11H2,1-2H3/t12-,14+/m1/s1. The van der Waals surface area contributed by atoms with Gasteiger partial charge in [0.25, 0.3) is 0 Å². The van der Waals surface area contributed by atoms with Crippen LogP contribution in [-0.2, 0) is 13.0 Å². The van der Waals surface area contributed by atoms with Gasteiger partial charge >= 0.3 is 0 Å². The van der Waals surface area contributed by atoms with Crippen molar-refractivity contribution >= 4 is 0 Å². The number of likely N-dealkylation sites (N-methyl/N-ethyl adjacent to an activating group) is 1. The topological polar surface area (TPSA) is 32.5 Å². The summed E-state index contributed by atoms with van der Waals surface area (Å²) in [5, 5.41) is 4.04. The summed E-state index contributed by atoms with van der Waals surface area (Å²) >= 11 is 0. The summed E-state index contributed by atoms with van der Waals surface area (Å²) in [4.78, 5) is 5.02. The second-order valence-electron chi connectivity index (χ2n) is 6.20. The molecule has 0 aromatic carbocycles. The molecule has 1 saturated carbocycles. The van der Waals surface area contributed by atoms with Gasteiger partial charge in [0.1, 0.15) is 0 Å². The molecule has 2 atom stereocenters. The second-order valence-corrected chi connectivity index (χ2v) is 6.20. The van der Waals surface area contributed by atoms with Crippen molar-refractivity contribution in [3.8, 4) is 0 Å². The van der Waals surface area contributed by atoms with E-state index < -0.39 is 0 Å². The van der Waals surface area contributed by atoms with E-state index in [-0.39, 0.29) is 0 Å². The normalized spacial score (nSPS) is 26.7. The molecular weight excluding hydrogens is 238 g/mol. The van der Waals surface area contributed by atoms with Gasteiger partial charge in [-0.1, -0.05) is 12.1 Å². The highest BCUT2D eigenvalue weighted by molar-refractivity contribution is 5.04. The van der Waals surface area contributed by atoms with Crippen LogP contribution in [0.4, 0.5) is 0 Å². The maximum Gasteiger partial charge on any atom is 0.150 e. The predicted molar refractivity (Wildman–Crippen MR) is 74.9 cm³/mol. The van der Waals surface area contributed by atoms with E-state index in [9.17, 15) is 0 Å². The van der Waals surface area contributed by atoms with Gasteiger partial charge in [-0.3, -0.25) is 9.80 Å². The number of likely N-dealkylation sites (tertiary alicyclic amines) is 1. The molecule has 2 fully saturated rings. The molecule has 4 nitrogen and oxygen atoms in total. The Morgan fingerprint density at radius 3 is 3.00 bits per heavy atom. The first-order valence-corrected chi connectivity index (χ1v) is 7.61. The Kier molecular flexibility index (Phi) is 3.89. The van der Waals surface area contributed by atoms with Crippen LogP contribution in [-0.4, -0.2) is 47.7 Å². The van der Waals surface area contributed by atoms with Gasteiger partial charge in [0.05, 0.1) is 12.2 Å². The third-order valence-corrected chi connectivity index (χ3v) is 4.69. The highest BCUT2D eigenvalue weighted by Gasteiger charge is 2.37. The van der Waals surface area contributed by atoms with Gasteiger partial charge in [-0.2, -0.15) is 0 Å². The minimum atomic E-state index is 0.870. The Hall–Kier alpha value is -0.870. The molecule has 1 aliphatic heterocycles. The van der Waals surface area contributed by atoms with E-state index in [4.69, 9.17) is 4.52 Å². The molecule has 2 heterocycles. The van der Waals surface area contributed by atoms with Gasteiger partial charge in [0, 0.05) is 31.7 Å². The summed E-state index contributed by atoms with van der Waals surface area (Å²) in [6.07, 6.45) is 5.29. The van der Waals surface area contributed by atoms with Crippen molar-refractivity contribution < 1.29 is 4.52 Å². The highest BCUT2D eigenvalue weighted by atomic mass is 16.5. The van der Waals surface area contributed by atoms with Gasteiger partial charge in [-0.05, 0) is 38.6 Å². The molecule has 2 aliphatic rings. The molecule has 4 heteroatoms. The van der Waals surface area contributed by atoms with E-state index in [0.29, 0.717) is 0 Å². The Balaban J connectivity index is 1.42. The summed E-state index contributed by atoms with van der Waals surface area (Å²) in [6, 6.07) is 2.96. The zero-order chi connectivity index (χ0) is 13.2. The first-order valence-electron chi connectivity index (χ1n) is 7.61. The molecule has 0 radical (unpaired) electrons. The van der Waals surface area contributed by atoms with Gasteiger partial charge in [-0.15, -0.1) is 0 Å². The Labute approximate surface area is 115 Å². The molecule has 1 aliphatic carbocycles. The lowest BCUT2D eigenvalue weighted by atomic mass is 10.1. The summed E-state index contributed by atoms with van der Waals surface area (Å²) < 4.78 is 5.34. The van der Waals surface area contributed by atoms with Crippen molar-refractivity contribution in [1.82, 2.24) is 15.0 Å². The molecule has 2 bridgehead atoms. The minimum Gasteiger partial charge on any atom is -0.360 e. The Morgan fingerprint density at radius 1 is 1.47 bits per heavy atom. The number of hydrogen-bond donors (Lipinski definition) is 0. The predicted octanol–water partition coefficient (Wildman–Crippen LogP) is 2.15. The molecule has 1 aromatic rings. The van der Waals surface area contributed by atoms with Gasteiger partial charge < -0.3 is 4.52 Å². The van der Waals surface area contributed by atoms with Crippen molar-refractivity contribution in [2.75, 3.05) is 26.7 Å². The zero-order valence-electron chi connectivity index (χ0n) is 12.1. The molecule has 0 spiro atoms. The number of hydrogen-bond acceptors (Lipinski definition) is 4. The van der Waals surface area contributed by atoms with E-state index in [0.717, 1.165) is 42.9 Å². The fourth-order valence-electron chi connectivity index (χ4n) is 3.54.